The zero-order valence-electron chi connectivity index (χ0n) is 6.95. The smallest absolute Gasteiger partial charge is 0.227 e. The lowest BCUT2D eigenvalue weighted by Gasteiger charge is -2.24. The lowest BCUT2D eigenvalue weighted by molar-refractivity contribution is -0.118. The Balaban J connectivity index is 2.48. The molecule has 62 valence electrons. The molecule has 0 N–H and O–H groups in total. The molecule has 0 aromatic carbocycles. The molecule has 0 fully saturated rings. The van der Waals surface area contributed by atoms with E-state index in [1.165, 1.54) is 5.56 Å². The van der Waals surface area contributed by atoms with E-state index in [0.717, 1.165) is 12.1 Å². The molecule has 12 heavy (non-hydrogen) atoms. The highest BCUT2D eigenvalue weighted by molar-refractivity contribution is 5.95. The van der Waals surface area contributed by atoms with E-state index in [1.54, 1.807) is 18.1 Å². The maximum Gasteiger partial charge on any atom is 0.227 e. The number of aryl methyl sites for hydroxylation is 1. The van der Waals surface area contributed by atoms with E-state index in [0.29, 0.717) is 6.42 Å². The molecule has 0 aliphatic carbocycles. The molecule has 0 saturated heterocycles. The van der Waals surface area contributed by atoms with Gasteiger partial charge < -0.3 is 4.90 Å². The SMILES string of the molecule is CN1C(=O)CCc2cnccc21. The van der Waals surface area contributed by atoms with Gasteiger partial charge in [-0.15, -0.1) is 0 Å². The molecule has 1 aromatic rings. The molecule has 0 radical (unpaired) electrons. The molecule has 0 atom stereocenters. The predicted molar refractivity (Wildman–Crippen MR) is 46.0 cm³/mol. The van der Waals surface area contributed by atoms with Gasteiger partial charge in [-0.2, -0.15) is 0 Å². The van der Waals surface area contributed by atoms with Crippen molar-refractivity contribution < 1.29 is 4.79 Å². The number of hydrogen-bond donors (Lipinski definition) is 0. The Bertz CT molecular complexity index is 322. The number of hydrogen-bond acceptors (Lipinski definition) is 2. The molecule has 0 saturated carbocycles. The second-order valence-corrected chi connectivity index (χ2v) is 2.96. The van der Waals surface area contributed by atoms with Gasteiger partial charge in [0.1, 0.15) is 0 Å². The maximum absolute atomic E-state index is 11.3. The fourth-order valence-corrected chi connectivity index (χ4v) is 1.48. The molecule has 3 heteroatoms. The Morgan fingerprint density at radius 3 is 3.17 bits per heavy atom. The minimum absolute atomic E-state index is 0.189. The van der Waals surface area contributed by atoms with Crippen molar-refractivity contribution in [2.24, 2.45) is 0 Å². The van der Waals surface area contributed by atoms with E-state index in [9.17, 15) is 4.79 Å². The third-order valence-corrected chi connectivity index (χ3v) is 2.22. The predicted octanol–water partition coefficient (Wildman–Crippen LogP) is 0.991. The molecule has 0 spiro atoms. The second kappa shape index (κ2) is 2.59. The summed E-state index contributed by atoms with van der Waals surface area (Å²) in [5, 5.41) is 0. The normalized spacial score (nSPS) is 16.1. The monoisotopic (exact) mass is 162 g/mol. The largest absolute Gasteiger partial charge is 0.315 e. The van der Waals surface area contributed by atoms with Gasteiger partial charge in [0.15, 0.2) is 0 Å². The summed E-state index contributed by atoms with van der Waals surface area (Å²) in [4.78, 5) is 17.0. The zero-order valence-corrected chi connectivity index (χ0v) is 6.95. The van der Waals surface area contributed by atoms with Crippen LogP contribution in [0.5, 0.6) is 0 Å². The number of pyridine rings is 1. The highest BCUT2D eigenvalue weighted by Gasteiger charge is 2.19. The van der Waals surface area contributed by atoms with Gasteiger partial charge in [0.2, 0.25) is 5.91 Å². The van der Waals surface area contributed by atoms with Crippen LogP contribution in [0.3, 0.4) is 0 Å². The van der Waals surface area contributed by atoms with Crippen LogP contribution in [0.25, 0.3) is 0 Å². The van der Waals surface area contributed by atoms with Crippen LogP contribution in [0.4, 0.5) is 5.69 Å². The van der Waals surface area contributed by atoms with Crippen LogP contribution in [-0.2, 0) is 11.2 Å². The van der Waals surface area contributed by atoms with E-state index >= 15 is 0 Å². The minimum Gasteiger partial charge on any atom is -0.315 e. The van der Waals surface area contributed by atoms with Crippen molar-refractivity contribution in [1.29, 1.82) is 0 Å². The van der Waals surface area contributed by atoms with Crippen LogP contribution in [0.1, 0.15) is 12.0 Å². The van der Waals surface area contributed by atoms with E-state index in [-0.39, 0.29) is 5.91 Å². The van der Waals surface area contributed by atoms with Crippen molar-refractivity contribution >= 4 is 11.6 Å². The average molecular weight is 162 g/mol. The van der Waals surface area contributed by atoms with Crippen molar-refractivity contribution in [3.63, 3.8) is 0 Å². The third-order valence-electron chi connectivity index (χ3n) is 2.22. The number of nitrogens with zero attached hydrogens (tertiary/aromatic N) is 2. The van der Waals surface area contributed by atoms with Crippen LogP contribution in [-0.4, -0.2) is 17.9 Å². The van der Waals surface area contributed by atoms with E-state index in [2.05, 4.69) is 4.98 Å². The summed E-state index contributed by atoms with van der Waals surface area (Å²) in [5.74, 6) is 0.189. The third kappa shape index (κ3) is 0.978. The topological polar surface area (TPSA) is 33.2 Å². The average Bonchev–Trinajstić information content (AvgIpc) is 2.12. The number of amides is 1. The molecule has 0 unspecified atom stereocenters. The molecule has 2 rings (SSSR count). The van der Waals surface area contributed by atoms with Crippen LogP contribution in [0.2, 0.25) is 0 Å². The Hall–Kier alpha value is -1.38. The van der Waals surface area contributed by atoms with Crippen LogP contribution in [0, 0.1) is 0 Å². The van der Waals surface area contributed by atoms with Crippen LogP contribution >= 0.6 is 0 Å². The molecule has 1 amide bonds. The van der Waals surface area contributed by atoms with Crippen molar-refractivity contribution in [2.45, 2.75) is 12.8 Å². The fourth-order valence-electron chi connectivity index (χ4n) is 1.48. The summed E-state index contributed by atoms with van der Waals surface area (Å²) in [6, 6.07) is 1.88. The molecule has 1 aliphatic rings. The maximum atomic E-state index is 11.3. The van der Waals surface area contributed by atoms with Crippen LogP contribution in [0.15, 0.2) is 18.5 Å². The molecule has 2 heterocycles. The molecular formula is C9H10N2O. The number of carbonyl (C=O) groups excluding carboxylic acids is 1. The first-order valence-corrected chi connectivity index (χ1v) is 3.98. The summed E-state index contributed by atoms with van der Waals surface area (Å²) in [6.45, 7) is 0. The molecule has 1 aliphatic heterocycles. The summed E-state index contributed by atoms with van der Waals surface area (Å²) in [5.41, 5.74) is 2.17. The van der Waals surface area contributed by atoms with Crippen molar-refractivity contribution in [2.75, 3.05) is 11.9 Å². The molecule has 3 nitrogen and oxygen atoms in total. The van der Waals surface area contributed by atoms with Gasteiger partial charge in [-0.05, 0) is 18.1 Å². The molecule has 1 aromatic heterocycles. The lowest BCUT2D eigenvalue weighted by Crippen LogP contribution is -2.31. The van der Waals surface area contributed by atoms with Crippen LogP contribution < -0.4 is 4.90 Å². The molecule has 0 bridgehead atoms. The quantitative estimate of drug-likeness (QED) is 0.570. The summed E-state index contributed by atoms with van der Waals surface area (Å²) >= 11 is 0. The van der Waals surface area contributed by atoms with Gasteiger partial charge in [0.05, 0.1) is 0 Å². The van der Waals surface area contributed by atoms with Gasteiger partial charge in [-0.25, -0.2) is 0 Å². The Morgan fingerprint density at radius 2 is 2.33 bits per heavy atom. The van der Waals surface area contributed by atoms with E-state index in [4.69, 9.17) is 0 Å². The van der Waals surface area contributed by atoms with Gasteiger partial charge >= 0.3 is 0 Å². The van der Waals surface area contributed by atoms with Crippen molar-refractivity contribution in [3.8, 4) is 0 Å². The van der Waals surface area contributed by atoms with E-state index < -0.39 is 0 Å². The van der Waals surface area contributed by atoms with Gasteiger partial charge in [-0.3, -0.25) is 9.78 Å². The fraction of sp³-hybridized carbons (Fsp3) is 0.333. The van der Waals surface area contributed by atoms with Crippen molar-refractivity contribution in [3.05, 3.63) is 24.0 Å². The minimum atomic E-state index is 0.189. The van der Waals surface area contributed by atoms with Gasteiger partial charge in [0, 0.05) is 31.5 Å². The second-order valence-electron chi connectivity index (χ2n) is 2.96. The number of fused-ring (bicyclic) bond motifs is 1. The summed E-state index contributed by atoms with van der Waals surface area (Å²) in [7, 11) is 1.81. The zero-order chi connectivity index (χ0) is 8.55. The first-order valence-electron chi connectivity index (χ1n) is 3.98. The van der Waals surface area contributed by atoms with Crippen molar-refractivity contribution in [1.82, 2.24) is 4.98 Å². The molecular weight excluding hydrogens is 152 g/mol. The first kappa shape index (κ1) is 7.28. The standard InChI is InChI=1S/C9H10N2O/c1-11-8-4-5-10-6-7(8)2-3-9(11)12/h4-6H,2-3H2,1H3. The Morgan fingerprint density at radius 1 is 1.50 bits per heavy atom. The highest BCUT2D eigenvalue weighted by atomic mass is 16.2. The Kier molecular flexibility index (Phi) is 1.57. The van der Waals surface area contributed by atoms with Gasteiger partial charge in [-0.1, -0.05) is 0 Å². The number of aromatic nitrogens is 1. The first-order chi connectivity index (χ1) is 5.79. The summed E-state index contributed by atoms with van der Waals surface area (Å²) in [6.07, 6.45) is 4.98. The number of carbonyl (C=O) groups is 1. The lowest BCUT2D eigenvalue weighted by atomic mass is 10.0. The summed E-state index contributed by atoms with van der Waals surface area (Å²) < 4.78 is 0. The van der Waals surface area contributed by atoms with Gasteiger partial charge in [0.25, 0.3) is 0 Å². The highest BCUT2D eigenvalue weighted by Crippen LogP contribution is 2.24. The number of rotatable bonds is 0. The Labute approximate surface area is 71.0 Å². The van der Waals surface area contributed by atoms with E-state index in [1.807, 2.05) is 12.3 Å². The number of anilines is 1.